The SMILES string of the molecule is Cl.NC[C@@H]1CN(C(=O)c2cccs2)C[C@H]1c1ccccc1. The second-order valence-electron chi connectivity index (χ2n) is 5.20. The Kier molecular flexibility index (Phi) is 5.39. The second-order valence-corrected chi connectivity index (χ2v) is 6.15. The molecular weight excluding hydrogens is 304 g/mol. The van der Waals surface area contributed by atoms with E-state index in [-0.39, 0.29) is 18.3 Å². The first-order valence-corrected chi connectivity index (χ1v) is 7.75. The van der Waals surface area contributed by atoms with Crippen LogP contribution in [0.25, 0.3) is 0 Å². The molecule has 21 heavy (non-hydrogen) atoms. The molecule has 0 aliphatic carbocycles. The standard InChI is InChI=1S/C16H18N2OS.ClH/c17-9-13-10-18(16(19)15-7-4-8-20-15)11-14(13)12-5-2-1-3-6-12;/h1-8,13-14H,9-11,17H2;1H/t13-,14+;/m1./s1. The highest BCUT2D eigenvalue weighted by Crippen LogP contribution is 2.33. The van der Waals surface area contributed by atoms with Crippen molar-refractivity contribution in [2.45, 2.75) is 5.92 Å². The van der Waals surface area contributed by atoms with Crippen molar-refractivity contribution in [3.63, 3.8) is 0 Å². The van der Waals surface area contributed by atoms with E-state index in [0.717, 1.165) is 18.0 Å². The Hall–Kier alpha value is -1.36. The van der Waals surface area contributed by atoms with Gasteiger partial charge in [0.15, 0.2) is 0 Å². The summed E-state index contributed by atoms with van der Waals surface area (Å²) in [5.74, 6) is 0.836. The molecule has 1 saturated heterocycles. The average molecular weight is 323 g/mol. The van der Waals surface area contributed by atoms with E-state index in [9.17, 15) is 4.79 Å². The number of hydrogen-bond donors (Lipinski definition) is 1. The second kappa shape index (κ2) is 7.07. The number of benzene rings is 1. The van der Waals surface area contributed by atoms with Crippen LogP contribution in [0.5, 0.6) is 0 Å². The monoisotopic (exact) mass is 322 g/mol. The van der Waals surface area contributed by atoms with Crippen molar-refractivity contribution in [1.29, 1.82) is 0 Å². The lowest BCUT2D eigenvalue weighted by molar-refractivity contribution is 0.0791. The Morgan fingerprint density at radius 2 is 1.95 bits per heavy atom. The number of amides is 1. The number of nitrogens with zero attached hydrogens (tertiary/aromatic N) is 1. The molecule has 2 N–H and O–H groups in total. The first-order valence-electron chi connectivity index (χ1n) is 6.87. The zero-order valence-corrected chi connectivity index (χ0v) is 13.3. The summed E-state index contributed by atoms with van der Waals surface area (Å²) in [6.45, 7) is 2.14. The van der Waals surface area contributed by atoms with Crippen LogP contribution in [0.2, 0.25) is 0 Å². The highest BCUT2D eigenvalue weighted by atomic mass is 35.5. The van der Waals surface area contributed by atoms with Crippen molar-refractivity contribution >= 4 is 29.7 Å². The van der Waals surface area contributed by atoms with Gasteiger partial charge in [0.2, 0.25) is 0 Å². The van der Waals surface area contributed by atoms with Crippen LogP contribution in [0.1, 0.15) is 21.2 Å². The third-order valence-corrected chi connectivity index (χ3v) is 4.85. The summed E-state index contributed by atoms with van der Waals surface area (Å²) < 4.78 is 0. The topological polar surface area (TPSA) is 46.3 Å². The van der Waals surface area contributed by atoms with E-state index in [0.29, 0.717) is 18.4 Å². The van der Waals surface area contributed by atoms with Crippen molar-refractivity contribution < 1.29 is 4.79 Å². The molecule has 0 saturated carbocycles. The summed E-state index contributed by atoms with van der Waals surface area (Å²) >= 11 is 1.50. The molecule has 3 nitrogen and oxygen atoms in total. The van der Waals surface area contributed by atoms with Gasteiger partial charge in [0.05, 0.1) is 4.88 Å². The third-order valence-electron chi connectivity index (χ3n) is 3.99. The van der Waals surface area contributed by atoms with Gasteiger partial charge in [-0.25, -0.2) is 0 Å². The number of halogens is 1. The first-order chi connectivity index (χ1) is 9.79. The number of thiophene rings is 1. The van der Waals surface area contributed by atoms with Gasteiger partial charge in [-0.1, -0.05) is 36.4 Å². The fourth-order valence-electron chi connectivity index (χ4n) is 2.91. The lowest BCUT2D eigenvalue weighted by Crippen LogP contribution is -2.29. The van der Waals surface area contributed by atoms with Crippen LogP contribution >= 0.6 is 23.7 Å². The van der Waals surface area contributed by atoms with E-state index in [1.807, 2.05) is 40.6 Å². The minimum atomic E-state index is 0. The van der Waals surface area contributed by atoms with E-state index in [2.05, 4.69) is 12.1 Å². The maximum atomic E-state index is 12.4. The highest BCUT2D eigenvalue weighted by molar-refractivity contribution is 7.12. The zero-order chi connectivity index (χ0) is 13.9. The maximum absolute atomic E-state index is 12.4. The molecule has 1 fully saturated rings. The van der Waals surface area contributed by atoms with Crippen molar-refractivity contribution in [2.75, 3.05) is 19.6 Å². The lowest BCUT2D eigenvalue weighted by atomic mass is 9.89. The predicted molar refractivity (Wildman–Crippen MR) is 89.2 cm³/mol. The molecule has 1 aromatic carbocycles. The van der Waals surface area contributed by atoms with Gasteiger partial charge < -0.3 is 10.6 Å². The molecule has 1 aromatic heterocycles. The third kappa shape index (κ3) is 3.28. The van der Waals surface area contributed by atoms with Gasteiger partial charge in [0.25, 0.3) is 5.91 Å². The quantitative estimate of drug-likeness (QED) is 0.944. The van der Waals surface area contributed by atoms with E-state index >= 15 is 0 Å². The first kappa shape index (κ1) is 16.0. The van der Waals surface area contributed by atoms with Crippen LogP contribution in [0.4, 0.5) is 0 Å². The van der Waals surface area contributed by atoms with E-state index in [1.165, 1.54) is 16.9 Å². The number of hydrogen-bond acceptors (Lipinski definition) is 3. The van der Waals surface area contributed by atoms with Gasteiger partial charge in [-0.15, -0.1) is 23.7 Å². The Morgan fingerprint density at radius 1 is 1.19 bits per heavy atom. The van der Waals surface area contributed by atoms with Gasteiger partial charge in [-0.2, -0.15) is 0 Å². The van der Waals surface area contributed by atoms with Crippen LogP contribution in [-0.2, 0) is 0 Å². The smallest absolute Gasteiger partial charge is 0.263 e. The molecule has 1 amide bonds. The molecule has 3 rings (SSSR count). The number of likely N-dealkylation sites (tertiary alicyclic amines) is 1. The lowest BCUT2D eigenvalue weighted by Gasteiger charge is -2.16. The van der Waals surface area contributed by atoms with Crippen LogP contribution in [-0.4, -0.2) is 30.4 Å². The number of nitrogens with two attached hydrogens (primary N) is 1. The largest absolute Gasteiger partial charge is 0.337 e. The molecule has 0 bridgehead atoms. The van der Waals surface area contributed by atoms with Crippen molar-refractivity contribution in [3.8, 4) is 0 Å². The Balaban J connectivity index is 0.00000161. The number of rotatable bonds is 3. The summed E-state index contributed by atoms with van der Waals surface area (Å²) in [5, 5.41) is 1.94. The molecule has 1 aliphatic rings. The average Bonchev–Trinajstić information content (AvgIpc) is 3.17. The number of carbonyl (C=O) groups is 1. The highest BCUT2D eigenvalue weighted by Gasteiger charge is 2.35. The molecule has 2 heterocycles. The molecule has 2 aromatic rings. The molecule has 0 unspecified atom stereocenters. The molecule has 2 atom stereocenters. The van der Waals surface area contributed by atoms with E-state index < -0.39 is 0 Å². The zero-order valence-electron chi connectivity index (χ0n) is 11.6. The normalized spacial score (nSPS) is 21.1. The van der Waals surface area contributed by atoms with E-state index in [4.69, 9.17) is 5.73 Å². The Morgan fingerprint density at radius 3 is 2.57 bits per heavy atom. The van der Waals surface area contributed by atoms with Crippen LogP contribution in [0.3, 0.4) is 0 Å². The predicted octanol–water partition coefficient (Wildman–Crippen LogP) is 2.98. The van der Waals surface area contributed by atoms with Crippen molar-refractivity contribution in [2.24, 2.45) is 11.7 Å². The van der Waals surface area contributed by atoms with Crippen molar-refractivity contribution in [1.82, 2.24) is 4.90 Å². The molecule has 0 radical (unpaired) electrons. The summed E-state index contributed by atoms with van der Waals surface area (Å²) in [4.78, 5) is 15.2. The Bertz CT molecular complexity index is 573. The fraction of sp³-hybridized carbons (Fsp3) is 0.312. The van der Waals surface area contributed by atoms with Crippen molar-refractivity contribution in [3.05, 3.63) is 58.3 Å². The summed E-state index contributed by atoms with van der Waals surface area (Å²) in [6, 6.07) is 14.2. The minimum Gasteiger partial charge on any atom is -0.337 e. The summed E-state index contributed by atoms with van der Waals surface area (Å²) in [5.41, 5.74) is 7.19. The summed E-state index contributed by atoms with van der Waals surface area (Å²) in [7, 11) is 0. The minimum absolute atomic E-state index is 0. The van der Waals surface area contributed by atoms with E-state index in [1.54, 1.807) is 0 Å². The Labute approximate surface area is 135 Å². The molecular formula is C16H19ClN2OS. The van der Waals surface area contributed by atoms with Gasteiger partial charge in [0, 0.05) is 19.0 Å². The number of carbonyl (C=O) groups excluding carboxylic acids is 1. The van der Waals surface area contributed by atoms with Gasteiger partial charge in [-0.3, -0.25) is 4.79 Å². The van der Waals surface area contributed by atoms with Gasteiger partial charge in [0.1, 0.15) is 0 Å². The van der Waals surface area contributed by atoms with Crippen LogP contribution in [0, 0.1) is 5.92 Å². The molecule has 112 valence electrons. The van der Waals surface area contributed by atoms with Gasteiger partial charge >= 0.3 is 0 Å². The molecule has 1 aliphatic heterocycles. The van der Waals surface area contributed by atoms with Gasteiger partial charge in [-0.05, 0) is 29.5 Å². The molecule has 0 spiro atoms. The van der Waals surface area contributed by atoms with Crippen LogP contribution in [0.15, 0.2) is 47.8 Å². The van der Waals surface area contributed by atoms with Crippen LogP contribution < -0.4 is 5.73 Å². The summed E-state index contributed by atoms with van der Waals surface area (Å²) in [6.07, 6.45) is 0. The fourth-order valence-corrected chi connectivity index (χ4v) is 3.60. The maximum Gasteiger partial charge on any atom is 0.263 e. The molecule has 5 heteroatoms.